The maximum absolute atomic E-state index is 11.2. The van der Waals surface area contributed by atoms with E-state index in [1.54, 1.807) is 0 Å². The van der Waals surface area contributed by atoms with Crippen LogP contribution in [-0.2, 0) is 22.0 Å². The van der Waals surface area contributed by atoms with Crippen molar-refractivity contribution in [3.63, 3.8) is 0 Å². The van der Waals surface area contributed by atoms with Crippen LogP contribution in [0, 0.1) is 0 Å². The molecule has 1 aliphatic rings. The molecule has 0 saturated heterocycles. The van der Waals surface area contributed by atoms with Gasteiger partial charge in [0, 0.05) is 18.2 Å². The molecule has 1 fully saturated rings. The first-order valence-electron chi connectivity index (χ1n) is 6.61. The van der Waals surface area contributed by atoms with Crippen LogP contribution in [0.1, 0.15) is 43.8 Å². The summed E-state index contributed by atoms with van der Waals surface area (Å²) in [5.41, 5.74) is 0.0210. The number of sulfone groups is 1. The SMILES string of the molecule is CNC1(Cc2nc(CS(C)(=O)=O)no2)CCCCC1. The van der Waals surface area contributed by atoms with E-state index < -0.39 is 9.84 Å². The van der Waals surface area contributed by atoms with E-state index in [4.69, 9.17) is 4.52 Å². The van der Waals surface area contributed by atoms with E-state index in [2.05, 4.69) is 15.5 Å². The van der Waals surface area contributed by atoms with Crippen LogP contribution in [0.2, 0.25) is 0 Å². The Morgan fingerprint density at radius 2 is 2.00 bits per heavy atom. The lowest BCUT2D eigenvalue weighted by atomic mass is 9.79. The first kappa shape index (κ1) is 14.5. The van der Waals surface area contributed by atoms with Crippen LogP contribution < -0.4 is 5.32 Å². The van der Waals surface area contributed by atoms with Gasteiger partial charge in [-0.1, -0.05) is 24.4 Å². The van der Waals surface area contributed by atoms with Crippen LogP contribution in [-0.4, -0.2) is 37.4 Å². The number of likely N-dealkylation sites (N-methyl/N-ethyl adjacent to an activating group) is 1. The smallest absolute Gasteiger partial charge is 0.228 e. The van der Waals surface area contributed by atoms with Gasteiger partial charge >= 0.3 is 0 Å². The summed E-state index contributed by atoms with van der Waals surface area (Å²) in [6.07, 6.45) is 7.68. The minimum Gasteiger partial charge on any atom is -0.339 e. The van der Waals surface area contributed by atoms with Gasteiger partial charge < -0.3 is 9.84 Å². The lowest BCUT2D eigenvalue weighted by Crippen LogP contribution is -2.46. The molecule has 1 saturated carbocycles. The average Bonchev–Trinajstić information content (AvgIpc) is 2.75. The summed E-state index contributed by atoms with van der Waals surface area (Å²) in [7, 11) is -1.16. The molecular formula is C12H21N3O3S. The zero-order valence-electron chi connectivity index (χ0n) is 11.5. The second kappa shape index (κ2) is 5.58. The van der Waals surface area contributed by atoms with Gasteiger partial charge in [-0.3, -0.25) is 0 Å². The van der Waals surface area contributed by atoms with E-state index in [0.29, 0.717) is 12.3 Å². The third kappa shape index (κ3) is 4.01. The summed E-state index contributed by atoms with van der Waals surface area (Å²) in [6, 6.07) is 0. The Morgan fingerprint density at radius 3 is 2.58 bits per heavy atom. The Bertz CT molecular complexity index is 518. The molecule has 1 aliphatic carbocycles. The number of nitrogens with zero attached hydrogens (tertiary/aromatic N) is 2. The molecule has 1 heterocycles. The van der Waals surface area contributed by atoms with Gasteiger partial charge in [0.25, 0.3) is 0 Å². The fourth-order valence-electron chi connectivity index (χ4n) is 2.69. The predicted molar refractivity (Wildman–Crippen MR) is 71.4 cm³/mol. The molecule has 108 valence electrons. The number of rotatable bonds is 5. The third-order valence-electron chi connectivity index (χ3n) is 3.73. The van der Waals surface area contributed by atoms with Crippen molar-refractivity contribution in [3.05, 3.63) is 11.7 Å². The van der Waals surface area contributed by atoms with Crippen LogP contribution in [0.15, 0.2) is 4.52 Å². The fourth-order valence-corrected chi connectivity index (χ4v) is 3.27. The molecule has 0 spiro atoms. The van der Waals surface area contributed by atoms with E-state index in [1.165, 1.54) is 25.5 Å². The average molecular weight is 287 g/mol. The summed E-state index contributed by atoms with van der Waals surface area (Å²) in [5.74, 6) is 0.609. The van der Waals surface area contributed by atoms with Crippen molar-refractivity contribution in [2.45, 2.75) is 49.8 Å². The van der Waals surface area contributed by atoms with Crippen LogP contribution >= 0.6 is 0 Å². The van der Waals surface area contributed by atoms with Crippen molar-refractivity contribution in [1.82, 2.24) is 15.5 Å². The monoisotopic (exact) mass is 287 g/mol. The van der Waals surface area contributed by atoms with Gasteiger partial charge in [0.15, 0.2) is 15.7 Å². The van der Waals surface area contributed by atoms with Crippen molar-refractivity contribution in [3.8, 4) is 0 Å². The summed E-state index contributed by atoms with van der Waals surface area (Å²) < 4.78 is 27.5. The Hall–Kier alpha value is -0.950. The molecule has 6 nitrogen and oxygen atoms in total. The van der Waals surface area contributed by atoms with E-state index in [9.17, 15) is 8.42 Å². The molecule has 0 unspecified atom stereocenters. The molecule has 19 heavy (non-hydrogen) atoms. The standard InChI is InChI=1S/C12H21N3O3S/c1-13-12(6-4-3-5-7-12)8-11-14-10(15-18-11)9-19(2,16)17/h13H,3-9H2,1-2H3. The zero-order valence-corrected chi connectivity index (χ0v) is 12.3. The first-order chi connectivity index (χ1) is 8.92. The molecule has 0 bridgehead atoms. The number of aromatic nitrogens is 2. The normalized spacial score (nSPS) is 19.5. The Labute approximate surface area is 113 Å². The molecule has 0 radical (unpaired) electrons. The molecule has 7 heteroatoms. The summed E-state index contributed by atoms with van der Waals surface area (Å²) in [4.78, 5) is 4.19. The minimum atomic E-state index is -3.12. The van der Waals surface area contributed by atoms with E-state index in [0.717, 1.165) is 12.8 Å². The van der Waals surface area contributed by atoms with Crippen LogP contribution in [0.25, 0.3) is 0 Å². The molecule has 1 aromatic rings. The van der Waals surface area contributed by atoms with Crippen molar-refractivity contribution >= 4 is 9.84 Å². The lowest BCUT2D eigenvalue weighted by molar-refractivity contribution is 0.221. The zero-order chi connectivity index (χ0) is 13.9. The van der Waals surface area contributed by atoms with Crippen molar-refractivity contribution in [2.24, 2.45) is 0 Å². The Morgan fingerprint density at radius 1 is 1.32 bits per heavy atom. The van der Waals surface area contributed by atoms with Crippen molar-refractivity contribution in [1.29, 1.82) is 0 Å². The largest absolute Gasteiger partial charge is 0.339 e. The predicted octanol–water partition coefficient (Wildman–Crippen LogP) is 1.08. The molecule has 1 aromatic heterocycles. The van der Waals surface area contributed by atoms with Gasteiger partial charge in [0.1, 0.15) is 5.75 Å². The highest BCUT2D eigenvalue weighted by molar-refractivity contribution is 7.89. The Kier molecular flexibility index (Phi) is 4.25. The maximum Gasteiger partial charge on any atom is 0.228 e. The second-order valence-electron chi connectivity index (χ2n) is 5.44. The first-order valence-corrected chi connectivity index (χ1v) is 8.67. The molecule has 1 N–H and O–H groups in total. The highest BCUT2D eigenvalue weighted by atomic mass is 32.2. The molecule has 0 aromatic carbocycles. The van der Waals surface area contributed by atoms with E-state index >= 15 is 0 Å². The number of hydrogen-bond donors (Lipinski definition) is 1. The van der Waals surface area contributed by atoms with Gasteiger partial charge in [-0.2, -0.15) is 4.98 Å². The highest BCUT2D eigenvalue weighted by Crippen LogP contribution is 2.30. The second-order valence-corrected chi connectivity index (χ2v) is 7.58. The lowest BCUT2D eigenvalue weighted by Gasteiger charge is -2.36. The molecule has 2 rings (SSSR count). The fraction of sp³-hybridized carbons (Fsp3) is 0.833. The van der Waals surface area contributed by atoms with Crippen molar-refractivity contribution in [2.75, 3.05) is 13.3 Å². The van der Waals surface area contributed by atoms with Crippen molar-refractivity contribution < 1.29 is 12.9 Å². The molecular weight excluding hydrogens is 266 g/mol. The summed E-state index contributed by atoms with van der Waals surface area (Å²) >= 11 is 0. The van der Waals surface area contributed by atoms with Gasteiger partial charge in [-0.25, -0.2) is 8.42 Å². The number of nitrogens with one attached hydrogen (secondary N) is 1. The maximum atomic E-state index is 11.2. The third-order valence-corrected chi connectivity index (χ3v) is 4.51. The molecule has 0 atom stereocenters. The quantitative estimate of drug-likeness (QED) is 0.872. The Balaban J connectivity index is 2.06. The highest BCUT2D eigenvalue weighted by Gasteiger charge is 2.32. The molecule has 0 amide bonds. The van der Waals surface area contributed by atoms with Crippen LogP contribution in [0.4, 0.5) is 0 Å². The van der Waals surface area contributed by atoms with Gasteiger partial charge in [0.2, 0.25) is 5.89 Å². The van der Waals surface area contributed by atoms with Crippen LogP contribution in [0.3, 0.4) is 0 Å². The topological polar surface area (TPSA) is 85.1 Å². The van der Waals surface area contributed by atoms with Gasteiger partial charge in [-0.05, 0) is 19.9 Å². The number of hydrogen-bond acceptors (Lipinski definition) is 6. The summed E-state index contributed by atoms with van der Waals surface area (Å²) in [5, 5.41) is 7.12. The van der Waals surface area contributed by atoms with E-state index in [-0.39, 0.29) is 17.1 Å². The van der Waals surface area contributed by atoms with Crippen LogP contribution in [0.5, 0.6) is 0 Å². The van der Waals surface area contributed by atoms with E-state index in [1.807, 2.05) is 7.05 Å². The summed E-state index contributed by atoms with van der Waals surface area (Å²) in [6.45, 7) is 0. The molecule has 0 aliphatic heterocycles. The van der Waals surface area contributed by atoms with Gasteiger partial charge in [-0.15, -0.1) is 0 Å². The minimum absolute atomic E-state index is 0.0210. The van der Waals surface area contributed by atoms with Gasteiger partial charge in [0.05, 0.1) is 0 Å².